The zero-order chi connectivity index (χ0) is 20.3. The number of carbonyl (C=O) groups excluding carboxylic acids is 1. The molecule has 5 nitrogen and oxygen atoms in total. The van der Waals surface area contributed by atoms with E-state index >= 15 is 0 Å². The average molecular weight is 415 g/mol. The lowest BCUT2D eigenvalue weighted by Gasteiger charge is -2.26. The number of nitrogens with two attached hydrogens (primary N) is 1. The van der Waals surface area contributed by atoms with Crippen LogP contribution in [0.4, 0.5) is 5.69 Å². The van der Waals surface area contributed by atoms with Crippen molar-refractivity contribution in [3.63, 3.8) is 0 Å². The highest BCUT2D eigenvalue weighted by Crippen LogP contribution is 2.42. The third kappa shape index (κ3) is 9.34. The third-order valence-corrected chi connectivity index (χ3v) is 6.68. The summed E-state index contributed by atoms with van der Waals surface area (Å²) in [5, 5.41) is 3.32. The molecule has 1 aromatic rings. The van der Waals surface area contributed by atoms with Gasteiger partial charge >= 0.3 is 0 Å². The van der Waals surface area contributed by atoms with Crippen LogP contribution in [-0.2, 0) is 19.7 Å². The van der Waals surface area contributed by atoms with Crippen molar-refractivity contribution in [2.75, 3.05) is 44.0 Å². The van der Waals surface area contributed by atoms with Gasteiger partial charge in [-0.25, -0.2) is 0 Å². The number of hydrogen-bond acceptors (Lipinski definition) is 6. The Morgan fingerprint density at radius 2 is 1.93 bits per heavy atom. The average Bonchev–Trinajstić information content (AvgIpc) is 2.61. The molecule has 154 valence electrons. The summed E-state index contributed by atoms with van der Waals surface area (Å²) in [6.45, 7) is 12.8. The van der Waals surface area contributed by atoms with E-state index in [9.17, 15) is 4.79 Å². The molecule has 1 atom stereocenters. The van der Waals surface area contributed by atoms with Gasteiger partial charge in [-0.15, -0.1) is 0 Å². The van der Waals surface area contributed by atoms with E-state index in [2.05, 4.69) is 52.1 Å². The van der Waals surface area contributed by atoms with Gasteiger partial charge in [0.05, 0.1) is 19.8 Å². The molecule has 27 heavy (non-hydrogen) atoms. The molecule has 0 saturated heterocycles. The quantitative estimate of drug-likeness (QED) is 0.391. The fraction of sp³-hybridized carbons (Fsp3) is 0.650. The molecule has 0 bridgehead atoms. The van der Waals surface area contributed by atoms with E-state index in [1.807, 2.05) is 27.7 Å². The fourth-order valence-electron chi connectivity index (χ4n) is 2.53. The zero-order valence-corrected chi connectivity index (χ0v) is 18.8. The van der Waals surface area contributed by atoms with Crippen molar-refractivity contribution >= 4 is 33.2 Å². The second-order valence-electron chi connectivity index (χ2n) is 7.20. The Morgan fingerprint density at radius 3 is 2.56 bits per heavy atom. The lowest BCUT2D eigenvalue weighted by molar-refractivity contribution is -0.121. The summed E-state index contributed by atoms with van der Waals surface area (Å²) < 4.78 is 10.5. The SMILES string of the molecule is CCSSC(C)c1ccc(NC(=O)COCCOCCN)cc1C(C)(C)C. The van der Waals surface area contributed by atoms with Crippen LogP contribution in [0.2, 0.25) is 0 Å². The van der Waals surface area contributed by atoms with Crippen LogP contribution in [0, 0.1) is 0 Å². The predicted molar refractivity (Wildman–Crippen MR) is 119 cm³/mol. The Bertz CT molecular complexity index is 577. The number of benzene rings is 1. The van der Waals surface area contributed by atoms with Crippen LogP contribution in [0.5, 0.6) is 0 Å². The van der Waals surface area contributed by atoms with Gasteiger partial charge in [0.1, 0.15) is 6.61 Å². The van der Waals surface area contributed by atoms with Gasteiger partial charge in [-0.05, 0) is 35.6 Å². The van der Waals surface area contributed by atoms with Crippen molar-refractivity contribution in [2.45, 2.75) is 45.3 Å². The van der Waals surface area contributed by atoms with Gasteiger partial charge in [-0.3, -0.25) is 4.79 Å². The van der Waals surface area contributed by atoms with E-state index in [1.165, 1.54) is 11.1 Å². The maximum atomic E-state index is 12.1. The zero-order valence-electron chi connectivity index (χ0n) is 17.2. The number of ether oxygens (including phenoxy) is 2. The van der Waals surface area contributed by atoms with Crippen molar-refractivity contribution in [3.8, 4) is 0 Å². The Labute approximate surface area is 171 Å². The summed E-state index contributed by atoms with van der Waals surface area (Å²) in [5.41, 5.74) is 8.72. The van der Waals surface area contributed by atoms with Crippen molar-refractivity contribution in [3.05, 3.63) is 29.3 Å². The van der Waals surface area contributed by atoms with Crippen LogP contribution in [0.1, 0.15) is 51.0 Å². The first kappa shape index (κ1) is 24.3. The van der Waals surface area contributed by atoms with Gasteiger partial charge in [0, 0.05) is 23.2 Å². The highest BCUT2D eigenvalue weighted by atomic mass is 33.1. The van der Waals surface area contributed by atoms with Gasteiger partial charge in [0.2, 0.25) is 5.91 Å². The standard InChI is InChI=1S/C20H34N2O3S2/c1-6-26-27-15(2)17-8-7-16(13-18(17)20(3,4)5)22-19(23)14-25-12-11-24-10-9-21/h7-8,13,15H,6,9-12,14,21H2,1-5H3,(H,22,23). The number of nitrogens with one attached hydrogen (secondary N) is 1. The predicted octanol–water partition coefficient (Wildman–Crippen LogP) is 4.38. The van der Waals surface area contributed by atoms with Crippen molar-refractivity contribution < 1.29 is 14.3 Å². The minimum atomic E-state index is -0.162. The minimum Gasteiger partial charge on any atom is -0.378 e. The second kappa shape index (κ2) is 12.7. The van der Waals surface area contributed by atoms with E-state index in [-0.39, 0.29) is 17.9 Å². The summed E-state index contributed by atoms with van der Waals surface area (Å²) in [7, 11) is 3.76. The Balaban J connectivity index is 2.69. The van der Waals surface area contributed by atoms with Gasteiger partial charge in [-0.1, -0.05) is 55.3 Å². The van der Waals surface area contributed by atoms with Crippen LogP contribution in [-0.4, -0.2) is 44.6 Å². The lowest BCUT2D eigenvalue weighted by Crippen LogP contribution is -2.21. The van der Waals surface area contributed by atoms with Crippen LogP contribution in [0.15, 0.2) is 18.2 Å². The first-order valence-electron chi connectivity index (χ1n) is 9.37. The molecule has 1 aromatic carbocycles. The van der Waals surface area contributed by atoms with Crippen molar-refractivity contribution in [1.82, 2.24) is 0 Å². The number of hydrogen-bond donors (Lipinski definition) is 2. The monoisotopic (exact) mass is 414 g/mol. The van der Waals surface area contributed by atoms with E-state index in [1.54, 1.807) is 0 Å². The number of amides is 1. The molecule has 7 heteroatoms. The maximum Gasteiger partial charge on any atom is 0.250 e. The van der Waals surface area contributed by atoms with E-state index in [4.69, 9.17) is 15.2 Å². The fourth-order valence-corrected chi connectivity index (χ4v) is 4.51. The number of rotatable bonds is 12. The van der Waals surface area contributed by atoms with Crippen LogP contribution in [0.3, 0.4) is 0 Å². The molecule has 1 unspecified atom stereocenters. The molecule has 0 heterocycles. The second-order valence-corrected chi connectivity index (χ2v) is 10.2. The summed E-state index contributed by atoms with van der Waals surface area (Å²) >= 11 is 0. The Hall–Kier alpha value is -0.730. The van der Waals surface area contributed by atoms with Gasteiger partial charge in [0.25, 0.3) is 0 Å². The maximum absolute atomic E-state index is 12.1. The van der Waals surface area contributed by atoms with E-state index in [0.717, 1.165) is 11.4 Å². The van der Waals surface area contributed by atoms with Crippen molar-refractivity contribution in [2.24, 2.45) is 5.73 Å². The van der Waals surface area contributed by atoms with Gasteiger partial charge in [-0.2, -0.15) is 0 Å². The first-order valence-corrected chi connectivity index (χ1v) is 11.8. The molecule has 1 rings (SSSR count). The molecule has 3 N–H and O–H groups in total. The van der Waals surface area contributed by atoms with Crippen LogP contribution >= 0.6 is 21.6 Å². The molecule has 0 spiro atoms. The molecule has 0 aliphatic rings. The molecular weight excluding hydrogens is 380 g/mol. The molecule has 0 fully saturated rings. The largest absolute Gasteiger partial charge is 0.378 e. The third-order valence-electron chi connectivity index (χ3n) is 3.78. The van der Waals surface area contributed by atoms with Gasteiger partial charge in [0.15, 0.2) is 0 Å². The normalized spacial score (nSPS) is 12.8. The van der Waals surface area contributed by atoms with E-state index in [0.29, 0.717) is 31.6 Å². The molecule has 0 radical (unpaired) electrons. The number of anilines is 1. The summed E-state index contributed by atoms with van der Waals surface area (Å²) in [6.07, 6.45) is 0. The Kier molecular flexibility index (Phi) is 11.4. The lowest BCUT2D eigenvalue weighted by atomic mass is 9.82. The number of carbonyl (C=O) groups is 1. The van der Waals surface area contributed by atoms with Crippen LogP contribution in [0.25, 0.3) is 0 Å². The highest BCUT2D eigenvalue weighted by molar-refractivity contribution is 8.76. The highest BCUT2D eigenvalue weighted by Gasteiger charge is 2.22. The van der Waals surface area contributed by atoms with Crippen LogP contribution < -0.4 is 11.1 Å². The summed E-state index contributed by atoms with van der Waals surface area (Å²) in [6, 6.07) is 6.19. The minimum absolute atomic E-state index is 0.00139. The topological polar surface area (TPSA) is 73.6 Å². The van der Waals surface area contributed by atoms with Crippen molar-refractivity contribution in [1.29, 1.82) is 0 Å². The van der Waals surface area contributed by atoms with E-state index < -0.39 is 0 Å². The molecule has 0 saturated carbocycles. The Morgan fingerprint density at radius 1 is 1.22 bits per heavy atom. The molecule has 1 amide bonds. The molecule has 0 aliphatic carbocycles. The molecule has 0 aliphatic heterocycles. The molecular formula is C20H34N2O3S2. The van der Waals surface area contributed by atoms with Gasteiger partial charge < -0.3 is 20.5 Å². The first-order chi connectivity index (χ1) is 12.8. The summed E-state index contributed by atoms with van der Waals surface area (Å²) in [5.74, 6) is 0.927. The smallest absolute Gasteiger partial charge is 0.250 e. The summed E-state index contributed by atoms with van der Waals surface area (Å²) in [4.78, 5) is 12.1. The molecule has 0 aromatic heterocycles.